The van der Waals surface area contributed by atoms with E-state index in [2.05, 4.69) is 16.7 Å². The monoisotopic (exact) mass is 546 g/mol. The number of rotatable bonds is 6. The zero-order valence-corrected chi connectivity index (χ0v) is 23.8. The van der Waals surface area contributed by atoms with Gasteiger partial charge in [0.25, 0.3) is 5.91 Å². The summed E-state index contributed by atoms with van der Waals surface area (Å²) in [6.07, 6.45) is 3.39. The van der Waals surface area contributed by atoms with Gasteiger partial charge in [0.2, 0.25) is 5.91 Å². The van der Waals surface area contributed by atoms with Crippen molar-refractivity contribution in [2.45, 2.75) is 71.0 Å². The van der Waals surface area contributed by atoms with Gasteiger partial charge in [-0.05, 0) is 48.4 Å². The second-order valence-corrected chi connectivity index (χ2v) is 12.8. The van der Waals surface area contributed by atoms with Crippen molar-refractivity contribution in [1.29, 1.82) is 0 Å². The first-order chi connectivity index (χ1) is 19.1. The zero-order valence-electron chi connectivity index (χ0n) is 23.8. The normalized spacial score (nSPS) is 25.8. The van der Waals surface area contributed by atoms with Gasteiger partial charge in [-0.2, -0.15) is 0 Å². The van der Waals surface area contributed by atoms with Crippen LogP contribution in [0, 0.1) is 17.3 Å². The molecule has 8 nitrogen and oxygen atoms in total. The van der Waals surface area contributed by atoms with E-state index in [4.69, 9.17) is 0 Å². The minimum absolute atomic E-state index is 0.0987. The first-order valence-corrected chi connectivity index (χ1v) is 14.6. The molecule has 3 aliphatic rings. The Bertz CT molecular complexity index is 1230. The number of nitrogens with zero attached hydrogens (tertiary/aromatic N) is 2. The molecule has 2 heterocycles. The molecule has 2 aromatic rings. The minimum Gasteiger partial charge on any atom is -0.465 e. The number of carbonyl (C=O) groups is 3. The van der Waals surface area contributed by atoms with Crippen LogP contribution >= 0.6 is 0 Å². The third kappa shape index (κ3) is 5.96. The molecule has 1 saturated carbocycles. The van der Waals surface area contributed by atoms with Crippen LogP contribution in [0.3, 0.4) is 0 Å². The summed E-state index contributed by atoms with van der Waals surface area (Å²) in [6.45, 7) is 7.56. The van der Waals surface area contributed by atoms with Gasteiger partial charge in [-0.15, -0.1) is 0 Å². The number of carboxylic acid groups (broad SMARTS) is 1. The topological polar surface area (TPSA) is 102 Å². The summed E-state index contributed by atoms with van der Waals surface area (Å²) in [5, 5.41) is 16.8. The molecule has 214 valence electrons. The lowest BCUT2D eigenvalue weighted by Crippen LogP contribution is -2.52. The predicted molar refractivity (Wildman–Crippen MR) is 155 cm³/mol. The lowest BCUT2D eigenvalue weighted by atomic mass is 9.80. The van der Waals surface area contributed by atoms with Crippen molar-refractivity contribution in [2.24, 2.45) is 17.3 Å². The van der Waals surface area contributed by atoms with Crippen LogP contribution in [0.2, 0.25) is 0 Å². The van der Waals surface area contributed by atoms with Crippen molar-refractivity contribution in [3.8, 4) is 0 Å². The van der Waals surface area contributed by atoms with Crippen LogP contribution in [-0.4, -0.2) is 64.5 Å². The van der Waals surface area contributed by atoms with Crippen molar-refractivity contribution >= 4 is 23.6 Å². The summed E-state index contributed by atoms with van der Waals surface area (Å²) >= 11 is 0. The van der Waals surface area contributed by atoms with Crippen LogP contribution in [0.25, 0.3) is 0 Å². The summed E-state index contributed by atoms with van der Waals surface area (Å²) in [7, 11) is 0. The summed E-state index contributed by atoms with van der Waals surface area (Å²) in [6, 6.07) is 16.9. The highest BCUT2D eigenvalue weighted by Crippen LogP contribution is 2.47. The molecule has 0 unspecified atom stereocenters. The summed E-state index contributed by atoms with van der Waals surface area (Å²) in [4.78, 5) is 43.0. The van der Waals surface area contributed by atoms with Gasteiger partial charge in [0.15, 0.2) is 0 Å². The van der Waals surface area contributed by atoms with Gasteiger partial charge in [-0.1, -0.05) is 70.0 Å². The van der Waals surface area contributed by atoms with Gasteiger partial charge >= 0.3 is 6.09 Å². The highest BCUT2D eigenvalue weighted by molar-refractivity contribution is 5.95. The minimum atomic E-state index is -0.919. The summed E-state index contributed by atoms with van der Waals surface area (Å²) < 4.78 is 0. The Hall–Kier alpha value is -3.55. The number of nitrogens with one attached hydrogen (secondary N) is 2. The maximum Gasteiger partial charge on any atom is 0.407 e. The van der Waals surface area contributed by atoms with Crippen molar-refractivity contribution in [3.05, 3.63) is 65.7 Å². The molecular formula is C32H42N4O4. The molecular weight excluding hydrogens is 504 g/mol. The van der Waals surface area contributed by atoms with Gasteiger partial charge in [0, 0.05) is 48.9 Å². The van der Waals surface area contributed by atoms with E-state index in [0.29, 0.717) is 25.2 Å². The first kappa shape index (κ1) is 28.0. The van der Waals surface area contributed by atoms with E-state index in [-0.39, 0.29) is 47.2 Å². The Kier molecular flexibility index (Phi) is 8.06. The average Bonchev–Trinajstić information content (AvgIpc) is 3.38. The summed E-state index contributed by atoms with van der Waals surface area (Å²) in [5.74, 6) is -0.200. The van der Waals surface area contributed by atoms with Crippen molar-refractivity contribution in [1.82, 2.24) is 15.1 Å². The Labute approximate surface area is 237 Å². The Balaban J connectivity index is 1.38. The molecule has 8 heteroatoms. The van der Waals surface area contributed by atoms with E-state index >= 15 is 0 Å². The fourth-order valence-electron chi connectivity index (χ4n) is 6.93. The largest absolute Gasteiger partial charge is 0.465 e. The van der Waals surface area contributed by atoms with E-state index in [9.17, 15) is 19.5 Å². The number of hydrogen-bond acceptors (Lipinski definition) is 4. The number of benzene rings is 2. The van der Waals surface area contributed by atoms with Crippen molar-refractivity contribution in [2.75, 3.05) is 25.0 Å². The lowest BCUT2D eigenvalue weighted by Gasteiger charge is -2.43. The van der Waals surface area contributed by atoms with Crippen molar-refractivity contribution < 1.29 is 19.5 Å². The quantitative estimate of drug-likeness (QED) is 0.451. The van der Waals surface area contributed by atoms with Gasteiger partial charge < -0.3 is 25.5 Å². The van der Waals surface area contributed by atoms with Gasteiger partial charge in [-0.3, -0.25) is 9.59 Å². The average molecular weight is 547 g/mol. The number of anilines is 1. The molecule has 0 bridgehead atoms. The van der Waals surface area contributed by atoms with E-state index in [1.54, 1.807) is 12.1 Å². The molecule has 2 fully saturated rings. The number of likely N-dealkylation sites (tertiary alicyclic amines) is 1. The zero-order chi connectivity index (χ0) is 28.4. The maximum absolute atomic E-state index is 14.3. The third-order valence-corrected chi connectivity index (χ3v) is 8.65. The fraction of sp³-hybridized carbons (Fsp3) is 0.531. The predicted octanol–water partition coefficient (Wildman–Crippen LogP) is 5.39. The second kappa shape index (κ2) is 11.5. The second-order valence-electron chi connectivity index (χ2n) is 12.8. The molecule has 3 N–H and O–H groups in total. The van der Waals surface area contributed by atoms with Gasteiger partial charge in [-0.25, -0.2) is 4.79 Å². The van der Waals surface area contributed by atoms with Crippen LogP contribution in [0.5, 0.6) is 0 Å². The first-order valence-electron chi connectivity index (χ1n) is 14.6. The number of para-hydroxylation sites is 1. The van der Waals surface area contributed by atoms with Gasteiger partial charge in [0.1, 0.15) is 0 Å². The Morgan fingerprint density at radius 2 is 1.70 bits per heavy atom. The molecule has 2 aromatic carbocycles. The highest BCUT2D eigenvalue weighted by Gasteiger charge is 2.48. The third-order valence-electron chi connectivity index (χ3n) is 8.65. The maximum atomic E-state index is 14.3. The molecule has 40 heavy (non-hydrogen) atoms. The van der Waals surface area contributed by atoms with Crippen LogP contribution in [0.1, 0.15) is 74.8 Å². The number of fused-ring (bicyclic) bond motifs is 3. The van der Waals surface area contributed by atoms with Gasteiger partial charge in [0.05, 0.1) is 12.0 Å². The highest BCUT2D eigenvalue weighted by atomic mass is 16.4. The molecule has 2 aliphatic heterocycles. The molecule has 5 atom stereocenters. The van der Waals surface area contributed by atoms with Crippen LogP contribution < -0.4 is 10.6 Å². The number of carbonyl (C=O) groups excluding carboxylic acids is 2. The fourth-order valence-corrected chi connectivity index (χ4v) is 6.93. The molecule has 1 saturated heterocycles. The standard InChI is InChI=1S/C32H42N4O4/c1-32(2,3)20-35(31(39)40)19-27-23-17-18-36(28(23)22-13-7-9-15-25(22)33-27)30(38)24-14-8-10-16-26(24)34-29(37)21-11-5-4-6-12-21/h4-7,9,11-13,15,23-24,26-28,33H,8,10,14,16-20H2,1-3H3,(H,34,37)(H,39,40)/t23-,24+,26-,27+,28+/m1/s1. The molecule has 5 rings (SSSR count). The molecule has 3 amide bonds. The SMILES string of the molecule is CC(C)(C)CN(C[C@@H]1Nc2ccccc2[C@H]2[C@@H]1CCN2C(=O)[C@H]1CCCC[C@H]1NC(=O)c1ccccc1)C(=O)O. The molecule has 0 aromatic heterocycles. The molecule has 1 aliphatic carbocycles. The van der Waals surface area contributed by atoms with E-state index in [1.165, 1.54) is 4.90 Å². The molecule has 0 spiro atoms. The van der Waals surface area contributed by atoms with Crippen LogP contribution in [0.4, 0.5) is 10.5 Å². The van der Waals surface area contributed by atoms with Crippen LogP contribution in [0.15, 0.2) is 54.6 Å². The number of amides is 3. The van der Waals surface area contributed by atoms with E-state index < -0.39 is 6.09 Å². The Morgan fingerprint density at radius 1 is 1.00 bits per heavy atom. The smallest absolute Gasteiger partial charge is 0.407 e. The summed E-state index contributed by atoms with van der Waals surface area (Å²) in [5.41, 5.74) is 2.50. The molecule has 0 radical (unpaired) electrons. The van der Waals surface area contributed by atoms with E-state index in [1.807, 2.05) is 62.1 Å². The lowest BCUT2D eigenvalue weighted by molar-refractivity contribution is -0.138. The number of hydrogen-bond donors (Lipinski definition) is 3. The van der Waals surface area contributed by atoms with Crippen LogP contribution in [-0.2, 0) is 4.79 Å². The van der Waals surface area contributed by atoms with E-state index in [0.717, 1.165) is 43.4 Å². The Morgan fingerprint density at radius 3 is 2.42 bits per heavy atom. The van der Waals surface area contributed by atoms with Crippen molar-refractivity contribution in [3.63, 3.8) is 0 Å².